The summed E-state index contributed by atoms with van der Waals surface area (Å²) in [6, 6.07) is 13.5. The second-order valence-corrected chi connectivity index (χ2v) is 8.22. The minimum Gasteiger partial charge on any atom is -0.463 e. The van der Waals surface area contributed by atoms with Crippen LogP contribution in [0.15, 0.2) is 81.8 Å². The van der Waals surface area contributed by atoms with Gasteiger partial charge in [0.1, 0.15) is 5.82 Å². The van der Waals surface area contributed by atoms with Crippen LogP contribution in [0, 0.1) is 5.82 Å². The molecule has 0 fully saturated rings. The van der Waals surface area contributed by atoms with E-state index >= 15 is 0 Å². The number of hydrogen-bond acceptors (Lipinski definition) is 6. The average molecular weight is 466 g/mol. The van der Waals surface area contributed by atoms with Crippen molar-refractivity contribution in [1.29, 1.82) is 0 Å². The van der Waals surface area contributed by atoms with Crippen LogP contribution >= 0.6 is 11.8 Å². The van der Waals surface area contributed by atoms with Gasteiger partial charge in [0, 0.05) is 11.8 Å². The molecule has 0 aromatic heterocycles. The predicted molar refractivity (Wildman–Crippen MR) is 124 cm³/mol. The van der Waals surface area contributed by atoms with Crippen LogP contribution in [0.5, 0.6) is 0 Å². The van der Waals surface area contributed by atoms with Crippen molar-refractivity contribution in [3.63, 3.8) is 0 Å². The summed E-state index contributed by atoms with van der Waals surface area (Å²) in [7, 11) is 0. The number of rotatable bonds is 5. The van der Waals surface area contributed by atoms with E-state index in [9.17, 15) is 18.8 Å². The Morgan fingerprint density at radius 3 is 2.52 bits per heavy atom. The molecule has 2 aliphatic rings. The number of nitrogens with one attached hydrogen (secondary N) is 1. The summed E-state index contributed by atoms with van der Waals surface area (Å²) >= 11 is 1.02. The number of amides is 2. The summed E-state index contributed by atoms with van der Waals surface area (Å²) in [5, 5.41) is 3.00. The van der Waals surface area contributed by atoms with Gasteiger partial charge in [-0.2, -0.15) is 0 Å². The van der Waals surface area contributed by atoms with E-state index in [0.29, 0.717) is 16.9 Å². The highest BCUT2D eigenvalue weighted by atomic mass is 32.2. The average Bonchev–Trinajstić information content (AvgIpc) is 2.79. The molecule has 0 bridgehead atoms. The molecule has 2 aromatic rings. The number of ether oxygens (including phenoxy) is 1. The maximum atomic E-state index is 13.6. The molecule has 0 radical (unpaired) electrons. The quantitative estimate of drug-likeness (QED) is 0.670. The Hall–Kier alpha value is -3.72. The minimum atomic E-state index is -0.868. The van der Waals surface area contributed by atoms with Crippen LogP contribution in [0.3, 0.4) is 0 Å². The van der Waals surface area contributed by atoms with Crippen molar-refractivity contribution in [2.45, 2.75) is 19.9 Å². The SMILES string of the molecule is CCOC(=O)C1=C(C)N=C2SC(C(=O)Nc3ccccc3)=CC(=O)N2[C@@H]1c1ccc(F)cc1. The van der Waals surface area contributed by atoms with Gasteiger partial charge in [0.15, 0.2) is 5.17 Å². The van der Waals surface area contributed by atoms with Gasteiger partial charge in [0.25, 0.3) is 11.8 Å². The van der Waals surface area contributed by atoms with Crippen molar-refractivity contribution >= 4 is 40.4 Å². The zero-order chi connectivity index (χ0) is 23.5. The first-order valence-electron chi connectivity index (χ1n) is 10.2. The number of halogens is 1. The van der Waals surface area contributed by atoms with Gasteiger partial charge in [-0.05, 0) is 55.4 Å². The number of allylic oxidation sites excluding steroid dienone is 1. The van der Waals surface area contributed by atoms with E-state index in [1.165, 1.54) is 35.2 Å². The van der Waals surface area contributed by atoms with Crippen LogP contribution in [-0.2, 0) is 19.1 Å². The lowest BCUT2D eigenvalue weighted by atomic mass is 9.94. The standard InChI is InChI=1S/C24H20FN3O4S/c1-3-32-23(31)20-14(2)26-24-28(21(20)15-9-11-16(25)12-10-15)19(29)13-18(33-24)22(30)27-17-7-5-4-6-8-17/h4-13,21H,3H2,1-2H3,(H,27,30)/t21-/m1/s1. The number of aliphatic imine (C=N–C) groups is 1. The first-order chi connectivity index (χ1) is 15.9. The first-order valence-corrected chi connectivity index (χ1v) is 11.0. The monoisotopic (exact) mass is 465 g/mol. The number of benzene rings is 2. The van der Waals surface area contributed by atoms with Crippen molar-refractivity contribution in [2.75, 3.05) is 11.9 Å². The maximum Gasteiger partial charge on any atom is 0.338 e. The van der Waals surface area contributed by atoms with Gasteiger partial charge >= 0.3 is 5.97 Å². The molecule has 0 unspecified atom stereocenters. The molecule has 0 aliphatic carbocycles. The lowest BCUT2D eigenvalue weighted by molar-refractivity contribution is -0.139. The van der Waals surface area contributed by atoms with Crippen LogP contribution in [-0.4, -0.2) is 34.5 Å². The van der Waals surface area contributed by atoms with Crippen molar-refractivity contribution < 1.29 is 23.5 Å². The Morgan fingerprint density at radius 2 is 1.85 bits per heavy atom. The number of carbonyl (C=O) groups is 3. The molecule has 7 nitrogen and oxygen atoms in total. The van der Waals surface area contributed by atoms with Gasteiger partial charge in [-0.1, -0.05) is 30.3 Å². The Kier molecular flexibility index (Phi) is 6.41. The van der Waals surface area contributed by atoms with E-state index in [-0.39, 0.29) is 22.3 Å². The van der Waals surface area contributed by atoms with Crippen LogP contribution in [0.1, 0.15) is 25.5 Å². The molecule has 0 saturated heterocycles. The largest absolute Gasteiger partial charge is 0.463 e. The molecule has 4 rings (SSSR count). The molecule has 2 heterocycles. The summed E-state index contributed by atoms with van der Waals surface area (Å²) in [5.41, 5.74) is 1.66. The third kappa shape index (κ3) is 4.58. The highest BCUT2D eigenvalue weighted by molar-refractivity contribution is 8.18. The second-order valence-electron chi connectivity index (χ2n) is 7.21. The van der Waals surface area contributed by atoms with Crippen LogP contribution in [0.2, 0.25) is 0 Å². The van der Waals surface area contributed by atoms with Crippen LogP contribution in [0.25, 0.3) is 0 Å². The normalized spacial score (nSPS) is 17.7. The topological polar surface area (TPSA) is 88.1 Å². The fourth-order valence-electron chi connectivity index (χ4n) is 3.55. The zero-order valence-electron chi connectivity index (χ0n) is 17.9. The molecule has 1 N–H and O–H groups in total. The van der Waals surface area contributed by atoms with Gasteiger partial charge in [-0.3, -0.25) is 14.5 Å². The lowest BCUT2D eigenvalue weighted by Gasteiger charge is -2.38. The molecule has 0 spiro atoms. The smallest absolute Gasteiger partial charge is 0.338 e. The lowest BCUT2D eigenvalue weighted by Crippen LogP contribution is -2.45. The summed E-state index contributed by atoms with van der Waals surface area (Å²) in [5.74, 6) is -2.02. The Bertz CT molecular complexity index is 1210. The highest BCUT2D eigenvalue weighted by Crippen LogP contribution is 2.42. The zero-order valence-corrected chi connectivity index (χ0v) is 18.7. The molecule has 2 aliphatic heterocycles. The number of nitrogens with zero attached hydrogens (tertiary/aromatic N) is 2. The summed E-state index contributed by atoms with van der Waals surface area (Å²) < 4.78 is 18.8. The van der Waals surface area contributed by atoms with Gasteiger partial charge in [-0.25, -0.2) is 14.2 Å². The van der Waals surface area contributed by atoms with Gasteiger partial charge in [0.2, 0.25) is 0 Å². The predicted octanol–water partition coefficient (Wildman–Crippen LogP) is 4.17. The maximum absolute atomic E-state index is 13.6. The molecular weight excluding hydrogens is 445 g/mol. The number of para-hydroxylation sites is 1. The second kappa shape index (κ2) is 9.41. The summed E-state index contributed by atoms with van der Waals surface area (Å²) in [6.07, 6.45) is 1.21. The fraction of sp³-hybridized carbons (Fsp3) is 0.167. The number of fused-ring (bicyclic) bond motifs is 1. The molecule has 33 heavy (non-hydrogen) atoms. The summed E-state index contributed by atoms with van der Waals surface area (Å²) in [4.78, 5) is 44.7. The van der Waals surface area contributed by atoms with Crippen molar-refractivity contribution in [1.82, 2.24) is 4.90 Å². The van der Waals surface area contributed by atoms with E-state index in [2.05, 4.69) is 10.3 Å². The van der Waals surface area contributed by atoms with E-state index in [0.717, 1.165) is 11.8 Å². The number of esters is 1. The number of hydrogen-bond donors (Lipinski definition) is 1. The van der Waals surface area contributed by atoms with E-state index in [4.69, 9.17) is 4.74 Å². The van der Waals surface area contributed by atoms with Crippen LogP contribution < -0.4 is 5.32 Å². The number of thioether (sulfide) groups is 1. The van der Waals surface area contributed by atoms with E-state index < -0.39 is 29.6 Å². The third-order valence-electron chi connectivity index (χ3n) is 5.02. The molecule has 1 atom stereocenters. The minimum absolute atomic E-state index is 0.148. The van der Waals surface area contributed by atoms with Crippen molar-refractivity contribution in [3.8, 4) is 0 Å². The van der Waals surface area contributed by atoms with E-state index in [1.807, 2.05) is 6.07 Å². The Balaban J connectivity index is 1.73. The molecule has 2 aromatic carbocycles. The number of anilines is 1. The van der Waals surface area contributed by atoms with E-state index in [1.54, 1.807) is 38.1 Å². The molecule has 9 heteroatoms. The molecule has 2 amide bonds. The Labute approximate surface area is 194 Å². The van der Waals surface area contributed by atoms with Gasteiger partial charge in [-0.15, -0.1) is 0 Å². The highest BCUT2D eigenvalue weighted by Gasteiger charge is 2.42. The first kappa shape index (κ1) is 22.5. The Morgan fingerprint density at radius 1 is 1.15 bits per heavy atom. The summed E-state index contributed by atoms with van der Waals surface area (Å²) in [6.45, 7) is 3.47. The van der Waals surface area contributed by atoms with Crippen molar-refractivity contribution in [3.05, 3.63) is 88.2 Å². The van der Waals surface area contributed by atoms with Crippen LogP contribution in [0.4, 0.5) is 10.1 Å². The number of carbonyl (C=O) groups excluding carboxylic acids is 3. The molecule has 168 valence electrons. The fourth-order valence-corrected chi connectivity index (χ4v) is 4.53. The molecular formula is C24H20FN3O4S. The van der Waals surface area contributed by atoms with Gasteiger partial charge in [0.05, 0.1) is 28.8 Å². The van der Waals surface area contributed by atoms with Crippen molar-refractivity contribution in [2.24, 2.45) is 4.99 Å². The van der Waals surface area contributed by atoms with Gasteiger partial charge < -0.3 is 10.1 Å². The molecule has 0 saturated carbocycles. The number of amidine groups is 1. The third-order valence-corrected chi connectivity index (χ3v) is 6.01.